The first kappa shape index (κ1) is 16.2. The topological polar surface area (TPSA) is 49.4 Å². The lowest BCUT2D eigenvalue weighted by Gasteiger charge is -2.38. The molecule has 0 aliphatic carbocycles. The van der Waals surface area contributed by atoms with Crippen molar-refractivity contribution in [1.29, 1.82) is 0 Å². The van der Waals surface area contributed by atoms with Gasteiger partial charge in [-0.15, -0.1) is 0 Å². The Morgan fingerprint density at radius 1 is 1.08 bits per heavy atom. The highest BCUT2D eigenvalue weighted by atomic mass is 16.2. The second-order valence-electron chi connectivity index (χ2n) is 6.36. The van der Waals surface area contributed by atoms with Crippen LogP contribution in [0.25, 0.3) is 0 Å². The molecule has 2 aromatic rings. The van der Waals surface area contributed by atoms with Crippen LogP contribution in [0.1, 0.15) is 30.0 Å². The molecule has 0 aromatic heterocycles. The van der Waals surface area contributed by atoms with Crippen molar-refractivity contribution < 1.29 is 9.59 Å². The third kappa shape index (κ3) is 3.32. The maximum absolute atomic E-state index is 12.8. The van der Waals surface area contributed by atoms with Crippen molar-refractivity contribution in [1.82, 2.24) is 4.90 Å². The lowest BCUT2D eigenvalue weighted by Crippen LogP contribution is -2.44. The van der Waals surface area contributed by atoms with Crippen molar-refractivity contribution in [2.45, 2.75) is 25.8 Å². The summed E-state index contributed by atoms with van der Waals surface area (Å²) in [5, 5.41) is 2.98. The lowest BCUT2D eigenvalue weighted by molar-refractivity contribution is -0.140. The zero-order valence-corrected chi connectivity index (χ0v) is 14.0. The lowest BCUT2D eigenvalue weighted by atomic mass is 9.83. The number of likely N-dealkylation sites (tertiary alicyclic amines) is 1. The van der Waals surface area contributed by atoms with E-state index in [9.17, 15) is 9.59 Å². The normalized spacial score (nSPS) is 20.8. The molecule has 1 aliphatic rings. The van der Waals surface area contributed by atoms with Crippen molar-refractivity contribution in [3.8, 4) is 0 Å². The van der Waals surface area contributed by atoms with Gasteiger partial charge in [0.25, 0.3) is 0 Å². The molecule has 2 aromatic carbocycles. The number of hydrogen-bond acceptors (Lipinski definition) is 2. The van der Waals surface area contributed by atoms with Crippen LogP contribution in [0.15, 0.2) is 54.6 Å². The predicted octanol–water partition coefficient (Wildman–Crippen LogP) is 3.54. The Morgan fingerprint density at radius 3 is 2.42 bits per heavy atom. The van der Waals surface area contributed by atoms with Crippen molar-refractivity contribution in [3.63, 3.8) is 0 Å². The van der Waals surface area contributed by atoms with Crippen molar-refractivity contribution in [2.24, 2.45) is 5.92 Å². The van der Waals surface area contributed by atoms with E-state index >= 15 is 0 Å². The first-order valence-corrected chi connectivity index (χ1v) is 8.24. The molecule has 24 heavy (non-hydrogen) atoms. The number of hydrogen-bond donors (Lipinski definition) is 1. The summed E-state index contributed by atoms with van der Waals surface area (Å²) >= 11 is 0. The zero-order chi connectivity index (χ0) is 17.1. The number of carbonyl (C=O) groups is 2. The molecular formula is C20H22N2O2. The Hall–Kier alpha value is -2.62. The number of benzene rings is 2. The van der Waals surface area contributed by atoms with Crippen LogP contribution in [0.5, 0.6) is 0 Å². The van der Waals surface area contributed by atoms with E-state index in [-0.39, 0.29) is 23.8 Å². The third-order valence-corrected chi connectivity index (χ3v) is 4.66. The van der Waals surface area contributed by atoms with Crippen LogP contribution in [-0.2, 0) is 9.59 Å². The van der Waals surface area contributed by atoms with Crippen LogP contribution in [0.3, 0.4) is 0 Å². The number of aryl methyl sites for hydroxylation is 1. The summed E-state index contributed by atoms with van der Waals surface area (Å²) in [4.78, 5) is 26.7. The van der Waals surface area contributed by atoms with Gasteiger partial charge in [-0.3, -0.25) is 9.59 Å². The molecule has 1 fully saturated rings. The van der Waals surface area contributed by atoms with E-state index in [2.05, 4.69) is 5.32 Å². The minimum Gasteiger partial charge on any atom is -0.338 e. The van der Waals surface area contributed by atoms with E-state index in [1.807, 2.05) is 61.5 Å². The summed E-state index contributed by atoms with van der Waals surface area (Å²) in [5.74, 6) is -0.203. The summed E-state index contributed by atoms with van der Waals surface area (Å²) in [5.41, 5.74) is 2.95. The largest absolute Gasteiger partial charge is 0.338 e. The molecule has 0 saturated carbocycles. The number of nitrogens with one attached hydrogen (secondary N) is 1. The molecule has 3 rings (SSSR count). The molecule has 1 heterocycles. The molecule has 2 atom stereocenters. The number of amides is 2. The molecule has 4 heteroatoms. The summed E-state index contributed by atoms with van der Waals surface area (Å²) in [7, 11) is 1.79. The number of anilines is 1. The fourth-order valence-electron chi connectivity index (χ4n) is 3.29. The van der Waals surface area contributed by atoms with E-state index in [0.29, 0.717) is 12.8 Å². The average Bonchev–Trinajstić information content (AvgIpc) is 2.59. The Kier molecular flexibility index (Phi) is 4.65. The van der Waals surface area contributed by atoms with E-state index in [0.717, 1.165) is 16.8 Å². The van der Waals surface area contributed by atoms with Gasteiger partial charge in [0, 0.05) is 19.2 Å². The van der Waals surface area contributed by atoms with E-state index in [1.165, 1.54) is 0 Å². The molecule has 1 saturated heterocycles. The van der Waals surface area contributed by atoms with Crippen LogP contribution >= 0.6 is 0 Å². The molecule has 0 radical (unpaired) electrons. The molecule has 1 aliphatic heterocycles. The summed E-state index contributed by atoms with van der Waals surface area (Å²) in [6.45, 7) is 2.03. The Balaban J connectivity index is 1.87. The predicted molar refractivity (Wildman–Crippen MR) is 94.5 cm³/mol. The fraction of sp³-hybridized carbons (Fsp3) is 0.300. The van der Waals surface area contributed by atoms with Crippen molar-refractivity contribution in [2.75, 3.05) is 12.4 Å². The Labute approximate surface area is 142 Å². The quantitative estimate of drug-likeness (QED) is 0.939. The highest BCUT2D eigenvalue weighted by Crippen LogP contribution is 2.36. The molecule has 2 amide bonds. The van der Waals surface area contributed by atoms with Gasteiger partial charge in [0.1, 0.15) is 0 Å². The van der Waals surface area contributed by atoms with Gasteiger partial charge in [-0.2, -0.15) is 0 Å². The van der Waals surface area contributed by atoms with Crippen LogP contribution < -0.4 is 5.32 Å². The van der Waals surface area contributed by atoms with Gasteiger partial charge in [-0.25, -0.2) is 0 Å². The number of rotatable bonds is 3. The SMILES string of the molecule is Cc1ccc([C@@H]2[C@H](C(=O)Nc3ccccc3)CCC(=O)N2C)cc1. The molecule has 4 nitrogen and oxygen atoms in total. The van der Waals surface area contributed by atoms with Gasteiger partial charge in [0.05, 0.1) is 12.0 Å². The van der Waals surface area contributed by atoms with Crippen molar-refractivity contribution >= 4 is 17.5 Å². The smallest absolute Gasteiger partial charge is 0.229 e. The van der Waals surface area contributed by atoms with Crippen LogP contribution in [0, 0.1) is 12.8 Å². The number of piperidine rings is 1. The molecule has 124 valence electrons. The second-order valence-corrected chi connectivity index (χ2v) is 6.36. The average molecular weight is 322 g/mol. The highest BCUT2D eigenvalue weighted by Gasteiger charge is 2.38. The van der Waals surface area contributed by atoms with Gasteiger partial charge in [-0.1, -0.05) is 48.0 Å². The highest BCUT2D eigenvalue weighted by molar-refractivity contribution is 5.94. The van der Waals surface area contributed by atoms with Gasteiger partial charge in [-0.05, 0) is 31.0 Å². The van der Waals surface area contributed by atoms with Crippen LogP contribution in [0.2, 0.25) is 0 Å². The first-order valence-electron chi connectivity index (χ1n) is 8.24. The zero-order valence-electron chi connectivity index (χ0n) is 14.0. The second kappa shape index (κ2) is 6.87. The summed E-state index contributed by atoms with van der Waals surface area (Å²) in [6, 6.07) is 17.3. The van der Waals surface area contributed by atoms with Crippen LogP contribution in [-0.4, -0.2) is 23.8 Å². The molecule has 0 spiro atoms. The van der Waals surface area contributed by atoms with E-state index < -0.39 is 0 Å². The Bertz CT molecular complexity index is 725. The van der Waals surface area contributed by atoms with E-state index in [1.54, 1.807) is 11.9 Å². The Morgan fingerprint density at radius 2 is 1.75 bits per heavy atom. The molecular weight excluding hydrogens is 300 g/mol. The summed E-state index contributed by atoms with van der Waals surface area (Å²) in [6.07, 6.45) is 0.978. The maximum atomic E-state index is 12.8. The minimum atomic E-state index is -0.254. The molecule has 0 unspecified atom stereocenters. The first-order chi connectivity index (χ1) is 11.6. The number of carbonyl (C=O) groups excluding carboxylic acids is 2. The number of nitrogens with zero attached hydrogens (tertiary/aromatic N) is 1. The van der Waals surface area contributed by atoms with Crippen LogP contribution in [0.4, 0.5) is 5.69 Å². The third-order valence-electron chi connectivity index (χ3n) is 4.66. The van der Waals surface area contributed by atoms with Gasteiger partial charge in [0.15, 0.2) is 0 Å². The molecule has 0 bridgehead atoms. The maximum Gasteiger partial charge on any atom is 0.229 e. The van der Waals surface area contributed by atoms with Gasteiger partial charge >= 0.3 is 0 Å². The fourth-order valence-corrected chi connectivity index (χ4v) is 3.29. The van der Waals surface area contributed by atoms with E-state index in [4.69, 9.17) is 0 Å². The van der Waals surface area contributed by atoms with Gasteiger partial charge < -0.3 is 10.2 Å². The van der Waals surface area contributed by atoms with Crippen molar-refractivity contribution in [3.05, 3.63) is 65.7 Å². The number of para-hydroxylation sites is 1. The molecule has 1 N–H and O–H groups in total. The summed E-state index contributed by atoms with van der Waals surface area (Å²) < 4.78 is 0. The minimum absolute atomic E-state index is 0.0360. The standard InChI is InChI=1S/C20H22N2O2/c1-14-8-10-15(11-9-14)19-17(12-13-18(23)22(19)2)20(24)21-16-6-4-3-5-7-16/h3-11,17,19H,12-13H2,1-2H3,(H,21,24)/t17-,19-/m1/s1. The monoisotopic (exact) mass is 322 g/mol. The van der Waals surface area contributed by atoms with Gasteiger partial charge in [0.2, 0.25) is 11.8 Å².